The van der Waals surface area contributed by atoms with E-state index in [2.05, 4.69) is 16.0 Å². The third-order valence-electron chi connectivity index (χ3n) is 2.85. The average molecular weight is 263 g/mol. The van der Waals surface area contributed by atoms with Gasteiger partial charge in [0.15, 0.2) is 0 Å². The number of amides is 2. The van der Waals surface area contributed by atoms with Gasteiger partial charge in [-0.1, -0.05) is 25.1 Å². The third kappa shape index (κ3) is 4.71. The molecule has 0 radical (unpaired) electrons. The zero-order chi connectivity index (χ0) is 14.3. The summed E-state index contributed by atoms with van der Waals surface area (Å²) in [6, 6.07) is 5.95. The Morgan fingerprint density at radius 1 is 1.16 bits per heavy atom. The van der Waals surface area contributed by atoms with Crippen LogP contribution in [0, 0.1) is 6.92 Å². The summed E-state index contributed by atoms with van der Waals surface area (Å²) in [5.74, 6) is -0.286. The van der Waals surface area contributed by atoms with Crippen LogP contribution in [-0.4, -0.2) is 32.0 Å². The Balaban J connectivity index is 2.55. The van der Waals surface area contributed by atoms with Gasteiger partial charge in [-0.05, 0) is 24.5 Å². The molecule has 5 nitrogen and oxygen atoms in total. The van der Waals surface area contributed by atoms with Crippen LogP contribution in [0.2, 0.25) is 0 Å². The summed E-state index contributed by atoms with van der Waals surface area (Å²) in [5.41, 5.74) is 3.02. The van der Waals surface area contributed by atoms with Gasteiger partial charge in [0.25, 0.3) is 0 Å². The van der Waals surface area contributed by atoms with Crippen molar-refractivity contribution in [3.05, 3.63) is 29.3 Å². The molecular formula is C14H21N3O2. The number of anilines is 1. The molecule has 0 aliphatic rings. The van der Waals surface area contributed by atoms with Crippen molar-refractivity contribution < 1.29 is 9.59 Å². The lowest BCUT2D eigenvalue weighted by Crippen LogP contribution is -2.36. The molecule has 104 valence electrons. The molecule has 0 saturated heterocycles. The van der Waals surface area contributed by atoms with Crippen molar-refractivity contribution in [3.8, 4) is 0 Å². The first-order chi connectivity index (χ1) is 9.08. The predicted octanol–water partition coefficient (Wildman–Crippen LogP) is 0.832. The molecule has 1 aromatic carbocycles. The van der Waals surface area contributed by atoms with Gasteiger partial charge in [-0.25, -0.2) is 0 Å². The molecule has 2 amide bonds. The van der Waals surface area contributed by atoms with E-state index in [1.165, 1.54) is 0 Å². The van der Waals surface area contributed by atoms with Crippen LogP contribution in [-0.2, 0) is 16.0 Å². The van der Waals surface area contributed by atoms with Gasteiger partial charge >= 0.3 is 0 Å². The van der Waals surface area contributed by atoms with Gasteiger partial charge in [0, 0.05) is 12.7 Å². The zero-order valence-corrected chi connectivity index (χ0v) is 11.7. The van der Waals surface area contributed by atoms with E-state index in [1.54, 1.807) is 7.05 Å². The van der Waals surface area contributed by atoms with Crippen LogP contribution in [0.3, 0.4) is 0 Å². The summed E-state index contributed by atoms with van der Waals surface area (Å²) in [6.45, 7) is 4.27. The number of aryl methyl sites for hydroxylation is 2. The van der Waals surface area contributed by atoms with Crippen LogP contribution < -0.4 is 16.0 Å². The molecule has 19 heavy (non-hydrogen) atoms. The van der Waals surface area contributed by atoms with Crippen LogP contribution >= 0.6 is 0 Å². The minimum absolute atomic E-state index is 0.116. The molecule has 0 bridgehead atoms. The highest BCUT2D eigenvalue weighted by Gasteiger charge is 2.08. The Hall–Kier alpha value is -1.88. The van der Waals surface area contributed by atoms with Crippen LogP contribution in [0.25, 0.3) is 0 Å². The Morgan fingerprint density at radius 3 is 2.47 bits per heavy atom. The average Bonchev–Trinajstić information content (AvgIpc) is 2.40. The summed E-state index contributed by atoms with van der Waals surface area (Å²) >= 11 is 0. The van der Waals surface area contributed by atoms with Gasteiger partial charge < -0.3 is 10.6 Å². The molecule has 1 rings (SSSR count). The normalized spacial score (nSPS) is 10.1. The summed E-state index contributed by atoms with van der Waals surface area (Å²) in [4.78, 5) is 22.8. The molecule has 1 aromatic rings. The molecular weight excluding hydrogens is 242 g/mol. The second-order valence-corrected chi connectivity index (χ2v) is 4.29. The highest BCUT2D eigenvalue weighted by atomic mass is 16.2. The maximum atomic E-state index is 11.8. The number of carbonyl (C=O) groups excluding carboxylic acids is 2. The largest absolute Gasteiger partial charge is 0.358 e. The van der Waals surface area contributed by atoms with E-state index in [0.717, 1.165) is 23.2 Å². The van der Waals surface area contributed by atoms with Gasteiger partial charge in [0.05, 0.1) is 13.1 Å². The van der Waals surface area contributed by atoms with Gasteiger partial charge in [0.1, 0.15) is 0 Å². The fraction of sp³-hybridized carbons (Fsp3) is 0.429. The van der Waals surface area contributed by atoms with Gasteiger partial charge in [-0.2, -0.15) is 0 Å². The maximum Gasteiger partial charge on any atom is 0.238 e. The Labute approximate surface area is 113 Å². The first-order valence-electron chi connectivity index (χ1n) is 6.38. The zero-order valence-electron chi connectivity index (χ0n) is 11.7. The van der Waals surface area contributed by atoms with Crippen molar-refractivity contribution in [1.29, 1.82) is 0 Å². The van der Waals surface area contributed by atoms with E-state index in [4.69, 9.17) is 0 Å². The summed E-state index contributed by atoms with van der Waals surface area (Å²) in [6.07, 6.45) is 0.864. The fourth-order valence-corrected chi connectivity index (χ4v) is 1.76. The number of para-hydroxylation sites is 1. The molecule has 0 heterocycles. The fourth-order valence-electron chi connectivity index (χ4n) is 1.76. The van der Waals surface area contributed by atoms with Gasteiger partial charge in [0.2, 0.25) is 11.8 Å². The maximum absolute atomic E-state index is 11.8. The van der Waals surface area contributed by atoms with Crippen molar-refractivity contribution in [2.75, 3.05) is 25.5 Å². The topological polar surface area (TPSA) is 70.2 Å². The van der Waals surface area contributed by atoms with Crippen molar-refractivity contribution in [1.82, 2.24) is 10.6 Å². The molecule has 5 heteroatoms. The van der Waals surface area contributed by atoms with Crippen LogP contribution in [0.4, 0.5) is 5.69 Å². The Morgan fingerprint density at radius 2 is 1.84 bits per heavy atom. The Kier molecular flexibility index (Phi) is 6.02. The Bertz CT molecular complexity index is 458. The highest BCUT2D eigenvalue weighted by molar-refractivity contribution is 5.94. The SMILES string of the molecule is CCc1cccc(C)c1NC(=O)CNCC(=O)NC. The number of carbonyl (C=O) groups is 2. The molecule has 0 saturated carbocycles. The van der Waals surface area contributed by atoms with Crippen molar-refractivity contribution in [2.45, 2.75) is 20.3 Å². The lowest BCUT2D eigenvalue weighted by molar-refractivity contribution is -0.119. The van der Waals surface area contributed by atoms with E-state index < -0.39 is 0 Å². The molecule has 0 spiro atoms. The number of rotatable bonds is 6. The monoisotopic (exact) mass is 263 g/mol. The lowest BCUT2D eigenvalue weighted by atomic mass is 10.1. The van der Waals surface area contributed by atoms with E-state index in [1.807, 2.05) is 32.0 Å². The summed E-state index contributed by atoms with van der Waals surface area (Å²) in [7, 11) is 1.56. The number of nitrogens with one attached hydrogen (secondary N) is 3. The summed E-state index contributed by atoms with van der Waals surface area (Å²) in [5, 5.41) is 8.16. The molecule has 0 aromatic heterocycles. The molecule has 0 atom stereocenters. The minimum Gasteiger partial charge on any atom is -0.358 e. The van der Waals surface area contributed by atoms with E-state index in [9.17, 15) is 9.59 Å². The number of benzene rings is 1. The van der Waals surface area contributed by atoms with E-state index >= 15 is 0 Å². The third-order valence-corrected chi connectivity index (χ3v) is 2.85. The predicted molar refractivity (Wildman–Crippen MR) is 76.1 cm³/mol. The van der Waals surface area contributed by atoms with Crippen molar-refractivity contribution >= 4 is 17.5 Å². The molecule has 0 unspecified atom stereocenters. The lowest BCUT2D eigenvalue weighted by Gasteiger charge is -2.13. The van der Waals surface area contributed by atoms with Crippen molar-refractivity contribution in [2.24, 2.45) is 0 Å². The van der Waals surface area contributed by atoms with Crippen LogP contribution in [0.15, 0.2) is 18.2 Å². The summed E-state index contributed by atoms with van der Waals surface area (Å²) < 4.78 is 0. The van der Waals surface area contributed by atoms with Crippen LogP contribution in [0.1, 0.15) is 18.1 Å². The van der Waals surface area contributed by atoms with E-state index in [-0.39, 0.29) is 24.9 Å². The molecule has 0 aliphatic carbocycles. The molecule has 0 fully saturated rings. The number of hydrogen-bond donors (Lipinski definition) is 3. The minimum atomic E-state index is -0.145. The van der Waals surface area contributed by atoms with E-state index in [0.29, 0.717) is 0 Å². The number of likely N-dealkylation sites (N-methyl/N-ethyl adjacent to an activating group) is 1. The number of hydrogen-bond acceptors (Lipinski definition) is 3. The highest BCUT2D eigenvalue weighted by Crippen LogP contribution is 2.20. The second-order valence-electron chi connectivity index (χ2n) is 4.29. The quantitative estimate of drug-likeness (QED) is 0.712. The molecule has 3 N–H and O–H groups in total. The van der Waals surface area contributed by atoms with Crippen molar-refractivity contribution in [3.63, 3.8) is 0 Å². The first kappa shape index (κ1) is 15.2. The van der Waals surface area contributed by atoms with Gasteiger partial charge in [-0.3, -0.25) is 14.9 Å². The smallest absolute Gasteiger partial charge is 0.238 e. The van der Waals surface area contributed by atoms with Crippen LogP contribution in [0.5, 0.6) is 0 Å². The first-order valence-corrected chi connectivity index (χ1v) is 6.38. The van der Waals surface area contributed by atoms with Gasteiger partial charge in [-0.15, -0.1) is 0 Å². The second kappa shape index (κ2) is 7.53. The molecule has 0 aliphatic heterocycles. The standard InChI is InChI=1S/C14H21N3O2/c1-4-11-7-5-6-10(2)14(11)17-13(19)9-16-8-12(18)15-3/h5-7,16H,4,8-9H2,1-3H3,(H,15,18)(H,17,19).